The number of carbonyl (C=O) groups is 1. The highest BCUT2D eigenvalue weighted by Gasteiger charge is 2.34. The predicted molar refractivity (Wildman–Crippen MR) is 103 cm³/mol. The number of hydrogen-bond acceptors (Lipinski definition) is 5. The lowest BCUT2D eigenvalue weighted by Gasteiger charge is -2.26. The zero-order valence-electron chi connectivity index (χ0n) is 15.2. The molecular formula is C17H19ClF4N6O. The molecule has 0 bridgehead atoms. The van der Waals surface area contributed by atoms with Crippen LogP contribution in [0.3, 0.4) is 0 Å². The van der Waals surface area contributed by atoms with Gasteiger partial charge in [-0.2, -0.15) is 13.2 Å². The Balaban J connectivity index is 0.00000240. The van der Waals surface area contributed by atoms with E-state index in [4.69, 9.17) is 11.6 Å². The maximum atomic E-state index is 14.2. The van der Waals surface area contributed by atoms with Crippen molar-refractivity contribution in [2.24, 2.45) is 0 Å². The molecule has 3 aromatic rings. The standard InChI is InChI=1S/C17H15ClF4N6O.2H2/c1-16(2,15(29)26-7-17(20,21)22)28-14-11(19)6-25-13(27-14)10-5-24-12-9(10)3-8(18)4-23-12;;/h3-6H,7H2,1-2H3,(H,23,24)(H,26,29)(H,25,27,28);2*1H. The topological polar surface area (TPSA) is 95.6 Å². The largest absolute Gasteiger partial charge is 0.405 e. The number of alkyl halides is 3. The molecule has 1 amide bonds. The van der Waals surface area contributed by atoms with Gasteiger partial charge in [-0.15, -0.1) is 0 Å². The molecule has 0 aromatic carbocycles. The summed E-state index contributed by atoms with van der Waals surface area (Å²) in [5.74, 6) is -2.08. The first kappa shape index (κ1) is 20.8. The van der Waals surface area contributed by atoms with Crippen molar-refractivity contribution < 1.29 is 25.2 Å². The van der Waals surface area contributed by atoms with Crippen LogP contribution in [-0.2, 0) is 4.79 Å². The van der Waals surface area contributed by atoms with Crippen molar-refractivity contribution >= 4 is 34.4 Å². The van der Waals surface area contributed by atoms with Gasteiger partial charge >= 0.3 is 6.18 Å². The Morgan fingerprint density at radius 1 is 1.28 bits per heavy atom. The first-order chi connectivity index (χ1) is 13.5. The number of hydrogen-bond donors (Lipinski definition) is 3. The number of amides is 1. The molecule has 0 unspecified atom stereocenters. The van der Waals surface area contributed by atoms with Crippen molar-refractivity contribution in [2.75, 3.05) is 11.9 Å². The molecule has 0 aliphatic heterocycles. The molecule has 158 valence electrons. The van der Waals surface area contributed by atoms with Crippen molar-refractivity contribution in [1.29, 1.82) is 0 Å². The molecule has 3 rings (SSSR count). The van der Waals surface area contributed by atoms with Crippen LogP contribution in [0.4, 0.5) is 23.4 Å². The first-order valence-electron chi connectivity index (χ1n) is 8.25. The van der Waals surface area contributed by atoms with Crippen molar-refractivity contribution in [3.63, 3.8) is 0 Å². The number of nitrogens with one attached hydrogen (secondary N) is 3. The molecule has 29 heavy (non-hydrogen) atoms. The number of nitrogens with zero attached hydrogens (tertiary/aromatic N) is 3. The number of pyridine rings is 1. The smallest absolute Gasteiger partial charge is 0.354 e. The number of fused-ring (bicyclic) bond motifs is 1. The summed E-state index contributed by atoms with van der Waals surface area (Å²) in [6.07, 6.45) is -0.661. The van der Waals surface area contributed by atoms with Crippen LogP contribution in [0.5, 0.6) is 0 Å². The molecule has 0 fully saturated rings. The van der Waals surface area contributed by atoms with Gasteiger partial charge in [-0.3, -0.25) is 4.79 Å². The second-order valence-electron chi connectivity index (χ2n) is 6.69. The van der Waals surface area contributed by atoms with E-state index in [1.54, 1.807) is 17.6 Å². The number of H-pyrrole nitrogens is 1. The third-order valence-electron chi connectivity index (χ3n) is 3.93. The zero-order chi connectivity index (χ0) is 21.4. The predicted octanol–water partition coefficient (Wildman–Crippen LogP) is 4.17. The maximum Gasteiger partial charge on any atom is 0.405 e. The maximum absolute atomic E-state index is 14.2. The number of carbonyl (C=O) groups excluding carboxylic acids is 1. The molecule has 0 spiro atoms. The van der Waals surface area contributed by atoms with Crippen molar-refractivity contribution in [2.45, 2.75) is 25.6 Å². The summed E-state index contributed by atoms with van der Waals surface area (Å²) in [5.41, 5.74) is -0.584. The number of aromatic amines is 1. The van der Waals surface area contributed by atoms with Gasteiger partial charge in [0.1, 0.15) is 17.7 Å². The summed E-state index contributed by atoms with van der Waals surface area (Å²) < 4.78 is 51.2. The van der Waals surface area contributed by atoms with Crippen LogP contribution in [0.25, 0.3) is 22.4 Å². The second-order valence-corrected chi connectivity index (χ2v) is 7.13. The SMILES string of the molecule is CC(C)(Nc1nc(-c2c[nH]c3ncc(Cl)cc23)ncc1F)C(=O)NCC(F)(F)F.[HH].[HH]. The summed E-state index contributed by atoms with van der Waals surface area (Å²) in [5, 5.41) is 5.25. The molecule has 3 aromatic heterocycles. The molecule has 0 atom stereocenters. The lowest BCUT2D eigenvalue weighted by Crippen LogP contribution is -2.50. The molecule has 0 saturated carbocycles. The average molecular weight is 435 g/mol. The first-order valence-corrected chi connectivity index (χ1v) is 8.63. The molecule has 0 saturated heterocycles. The van der Waals surface area contributed by atoms with Gasteiger partial charge in [0, 0.05) is 26.2 Å². The minimum absolute atomic E-state index is 0. The molecule has 12 heteroatoms. The Hall–Kier alpha value is -2.95. The Morgan fingerprint density at radius 3 is 2.69 bits per heavy atom. The van der Waals surface area contributed by atoms with Gasteiger partial charge in [0.15, 0.2) is 17.5 Å². The van der Waals surface area contributed by atoms with Gasteiger partial charge in [0.2, 0.25) is 5.91 Å². The van der Waals surface area contributed by atoms with Crippen LogP contribution in [-0.4, -0.2) is 44.1 Å². The van der Waals surface area contributed by atoms with E-state index in [0.29, 0.717) is 21.6 Å². The molecule has 0 aliphatic carbocycles. The molecule has 7 nitrogen and oxygen atoms in total. The number of anilines is 1. The van der Waals surface area contributed by atoms with Crippen molar-refractivity contribution in [1.82, 2.24) is 25.3 Å². The van der Waals surface area contributed by atoms with Gasteiger partial charge in [0.05, 0.1) is 11.2 Å². The molecule has 3 heterocycles. The third-order valence-corrected chi connectivity index (χ3v) is 4.14. The minimum Gasteiger partial charge on any atom is -0.354 e. The van der Waals surface area contributed by atoms with Crippen LogP contribution < -0.4 is 10.6 Å². The number of aromatic nitrogens is 4. The Labute approximate surface area is 169 Å². The molecule has 0 aliphatic rings. The quantitative estimate of drug-likeness (QED) is 0.524. The summed E-state index contributed by atoms with van der Waals surface area (Å²) in [6, 6.07) is 1.63. The fourth-order valence-corrected chi connectivity index (χ4v) is 2.66. The number of rotatable bonds is 5. The highest BCUT2D eigenvalue weighted by atomic mass is 35.5. The van der Waals surface area contributed by atoms with Crippen LogP contribution in [0.15, 0.2) is 24.7 Å². The highest BCUT2D eigenvalue weighted by molar-refractivity contribution is 6.31. The van der Waals surface area contributed by atoms with E-state index in [2.05, 4.69) is 25.3 Å². The van der Waals surface area contributed by atoms with Gasteiger partial charge in [0.25, 0.3) is 0 Å². The summed E-state index contributed by atoms with van der Waals surface area (Å²) in [7, 11) is 0. The average Bonchev–Trinajstić information content (AvgIpc) is 3.03. The highest BCUT2D eigenvalue weighted by Crippen LogP contribution is 2.28. The monoisotopic (exact) mass is 434 g/mol. The Bertz CT molecular complexity index is 1080. The van der Waals surface area contributed by atoms with E-state index >= 15 is 0 Å². The summed E-state index contributed by atoms with van der Waals surface area (Å²) in [4.78, 5) is 27.1. The van der Waals surface area contributed by atoms with E-state index in [1.165, 1.54) is 20.0 Å². The minimum atomic E-state index is -4.57. The third kappa shape index (κ3) is 4.73. The van der Waals surface area contributed by atoms with E-state index in [1.807, 2.05) is 0 Å². The van der Waals surface area contributed by atoms with Crippen LogP contribution >= 0.6 is 11.6 Å². The van der Waals surface area contributed by atoms with E-state index in [9.17, 15) is 22.4 Å². The molecule has 3 N–H and O–H groups in total. The van der Waals surface area contributed by atoms with Gasteiger partial charge < -0.3 is 15.6 Å². The van der Waals surface area contributed by atoms with E-state index < -0.39 is 30.0 Å². The second kappa shape index (κ2) is 7.47. The van der Waals surface area contributed by atoms with E-state index in [0.717, 1.165) is 6.20 Å². The molecule has 0 radical (unpaired) electrons. The lowest BCUT2D eigenvalue weighted by atomic mass is 10.0. The fourth-order valence-electron chi connectivity index (χ4n) is 2.50. The van der Waals surface area contributed by atoms with Crippen molar-refractivity contribution in [3.05, 3.63) is 35.5 Å². The number of halogens is 5. The summed E-state index contributed by atoms with van der Waals surface area (Å²) in [6.45, 7) is 1.10. The normalized spacial score (nSPS) is 12.2. The van der Waals surface area contributed by atoms with Crippen LogP contribution in [0.1, 0.15) is 16.7 Å². The summed E-state index contributed by atoms with van der Waals surface area (Å²) >= 11 is 5.96. The zero-order valence-corrected chi connectivity index (χ0v) is 15.9. The Kier molecular flexibility index (Phi) is 5.35. The van der Waals surface area contributed by atoms with E-state index in [-0.39, 0.29) is 14.5 Å². The van der Waals surface area contributed by atoms with Crippen LogP contribution in [0.2, 0.25) is 5.02 Å². The van der Waals surface area contributed by atoms with Gasteiger partial charge in [-0.05, 0) is 19.9 Å². The van der Waals surface area contributed by atoms with Gasteiger partial charge in [-0.25, -0.2) is 19.3 Å². The Morgan fingerprint density at radius 2 is 2.00 bits per heavy atom. The lowest BCUT2D eigenvalue weighted by molar-refractivity contribution is -0.140. The van der Waals surface area contributed by atoms with Gasteiger partial charge in [-0.1, -0.05) is 11.6 Å². The van der Waals surface area contributed by atoms with Crippen molar-refractivity contribution in [3.8, 4) is 11.4 Å². The van der Waals surface area contributed by atoms with Crippen LogP contribution in [0, 0.1) is 5.82 Å². The molecular weight excluding hydrogens is 416 g/mol. The fraction of sp³-hybridized carbons (Fsp3) is 0.294.